The number of hydrogen-bond donors (Lipinski definition) is 3. The van der Waals surface area contributed by atoms with Crippen molar-refractivity contribution in [3.63, 3.8) is 0 Å². The van der Waals surface area contributed by atoms with E-state index in [1.54, 1.807) is 17.0 Å². The molecule has 0 fully saturated rings. The van der Waals surface area contributed by atoms with Crippen molar-refractivity contribution >= 4 is 12.0 Å². The van der Waals surface area contributed by atoms with Gasteiger partial charge in [-0.3, -0.25) is 4.98 Å². The van der Waals surface area contributed by atoms with Gasteiger partial charge in [0.05, 0.1) is 6.33 Å². The summed E-state index contributed by atoms with van der Waals surface area (Å²) >= 11 is 0. The minimum Gasteiger partial charge on any atom is -0.476 e. The third-order valence-corrected chi connectivity index (χ3v) is 2.71. The zero-order valence-corrected chi connectivity index (χ0v) is 11.2. The van der Waals surface area contributed by atoms with Crippen LogP contribution >= 0.6 is 0 Å². The van der Waals surface area contributed by atoms with Crippen LogP contribution in [0.15, 0.2) is 37.1 Å². The van der Waals surface area contributed by atoms with Gasteiger partial charge in [0.1, 0.15) is 0 Å². The van der Waals surface area contributed by atoms with Crippen LogP contribution in [0.2, 0.25) is 0 Å². The maximum absolute atomic E-state index is 11.6. The fraction of sp³-hybridized carbons (Fsp3) is 0.231. The molecule has 2 amide bonds. The molecule has 2 aromatic rings. The molecular formula is C13H15N5O3. The molecule has 2 heterocycles. The van der Waals surface area contributed by atoms with E-state index < -0.39 is 5.97 Å². The molecule has 0 unspecified atom stereocenters. The highest BCUT2D eigenvalue weighted by Gasteiger charge is 2.06. The van der Waals surface area contributed by atoms with Gasteiger partial charge in [0.2, 0.25) is 0 Å². The zero-order valence-electron chi connectivity index (χ0n) is 11.2. The summed E-state index contributed by atoms with van der Waals surface area (Å²) in [6.07, 6.45) is 6.15. The van der Waals surface area contributed by atoms with Crippen LogP contribution in [0.3, 0.4) is 0 Å². The topological polar surface area (TPSA) is 109 Å². The summed E-state index contributed by atoms with van der Waals surface area (Å²) in [6.45, 7) is 1.24. The quantitative estimate of drug-likeness (QED) is 0.716. The van der Waals surface area contributed by atoms with E-state index in [9.17, 15) is 9.59 Å². The number of nitrogens with zero attached hydrogens (tertiary/aromatic N) is 3. The van der Waals surface area contributed by atoms with Crippen molar-refractivity contribution in [3.05, 3.63) is 48.3 Å². The number of aromatic nitrogens is 3. The van der Waals surface area contributed by atoms with E-state index in [1.165, 1.54) is 12.5 Å². The molecule has 2 rings (SSSR count). The molecule has 2 aromatic heterocycles. The van der Waals surface area contributed by atoms with Gasteiger partial charge in [-0.05, 0) is 17.7 Å². The van der Waals surface area contributed by atoms with Gasteiger partial charge in [-0.1, -0.05) is 0 Å². The number of nitrogens with one attached hydrogen (secondary N) is 2. The fourth-order valence-electron chi connectivity index (χ4n) is 1.64. The summed E-state index contributed by atoms with van der Waals surface area (Å²) in [6, 6.07) is 3.35. The largest absolute Gasteiger partial charge is 0.476 e. The Labute approximate surface area is 120 Å². The minimum absolute atomic E-state index is 0.0165. The molecule has 0 saturated carbocycles. The Morgan fingerprint density at radius 1 is 1.24 bits per heavy atom. The summed E-state index contributed by atoms with van der Waals surface area (Å²) in [5.41, 5.74) is 0.943. The van der Waals surface area contributed by atoms with E-state index >= 15 is 0 Å². The first-order valence-corrected chi connectivity index (χ1v) is 6.31. The highest BCUT2D eigenvalue weighted by molar-refractivity contribution is 5.84. The maximum Gasteiger partial charge on any atom is 0.356 e. The third-order valence-electron chi connectivity index (χ3n) is 2.71. The van der Waals surface area contributed by atoms with Crippen LogP contribution in [-0.2, 0) is 13.1 Å². The van der Waals surface area contributed by atoms with Crippen LogP contribution in [0.4, 0.5) is 4.79 Å². The predicted molar refractivity (Wildman–Crippen MR) is 73.7 cm³/mol. The van der Waals surface area contributed by atoms with Gasteiger partial charge in [-0.15, -0.1) is 0 Å². The van der Waals surface area contributed by atoms with E-state index in [-0.39, 0.29) is 11.7 Å². The van der Waals surface area contributed by atoms with Gasteiger partial charge in [0.15, 0.2) is 5.69 Å². The molecular weight excluding hydrogens is 274 g/mol. The van der Waals surface area contributed by atoms with Crippen molar-refractivity contribution in [1.29, 1.82) is 0 Å². The van der Waals surface area contributed by atoms with Gasteiger partial charge < -0.3 is 20.3 Å². The Balaban J connectivity index is 1.68. The van der Waals surface area contributed by atoms with Crippen LogP contribution in [0.5, 0.6) is 0 Å². The highest BCUT2D eigenvalue weighted by atomic mass is 16.4. The van der Waals surface area contributed by atoms with E-state index in [0.717, 1.165) is 5.56 Å². The van der Waals surface area contributed by atoms with E-state index in [4.69, 9.17) is 5.11 Å². The first-order valence-electron chi connectivity index (χ1n) is 6.31. The lowest BCUT2D eigenvalue weighted by Crippen LogP contribution is -2.36. The Kier molecular flexibility index (Phi) is 4.86. The highest BCUT2D eigenvalue weighted by Crippen LogP contribution is 1.96. The third kappa shape index (κ3) is 4.60. The molecule has 8 heteroatoms. The summed E-state index contributed by atoms with van der Waals surface area (Å²) in [5.74, 6) is -1.07. The van der Waals surface area contributed by atoms with Gasteiger partial charge in [-0.2, -0.15) is 0 Å². The number of pyridine rings is 1. The Hall–Kier alpha value is -2.90. The number of hydrogen-bond acceptors (Lipinski definition) is 4. The second kappa shape index (κ2) is 7.04. The van der Waals surface area contributed by atoms with Crippen molar-refractivity contribution in [2.24, 2.45) is 0 Å². The average molecular weight is 289 g/mol. The van der Waals surface area contributed by atoms with Crippen molar-refractivity contribution in [1.82, 2.24) is 25.2 Å². The normalized spacial score (nSPS) is 10.1. The Morgan fingerprint density at radius 3 is 2.67 bits per heavy atom. The average Bonchev–Trinajstić information content (AvgIpc) is 2.95. The van der Waals surface area contributed by atoms with Crippen molar-refractivity contribution in [2.75, 3.05) is 6.54 Å². The number of rotatable bonds is 6. The second-order valence-electron chi connectivity index (χ2n) is 4.27. The zero-order chi connectivity index (χ0) is 15.1. The van der Waals surface area contributed by atoms with Crippen LogP contribution in [0.1, 0.15) is 16.1 Å². The first kappa shape index (κ1) is 14.5. The lowest BCUT2D eigenvalue weighted by molar-refractivity contribution is 0.0691. The van der Waals surface area contributed by atoms with Gasteiger partial charge in [-0.25, -0.2) is 14.6 Å². The second-order valence-corrected chi connectivity index (χ2v) is 4.27. The SMILES string of the molecule is O=C(NCCn1cnc(C(=O)O)c1)NCc1ccncc1. The van der Waals surface area contributed by atoms with E-state index in [1.807, 2.05) is 12.1 Å². The molecule has 0 radical (unpaired) electrons. The Morgan fingerprint density at radius 2 is 2.00 bits per heavy atom. The first-order chi connectivity index (χ1) is 10.1. The summed E-state index contributed by atoms with van der Waals surface area (Å²) in [4.78, 5) is 29.8. The molecule has 0 bridgehead atoms. The van der Waals surface area contributed by atoms with Crippen LogP contribution < -0.4 is 10.6 Å². The predicted octanol–water partition coefficient (Wildman–Crippen LogP) is 0.476. The van der Waals surface area contributed by atoms with Gasteiger partial charge in [0, 0.05) is 38.2 Å². The van der Waals surface area contributed by atoms with Crippen molar-refractivity contribution < 1.29 is 14.7 Å². The molecule has 21 heavy (non-hydrogen) atoms. The van der Waals surface area contributed by atoms with Crippen molar-refractivity contribution in [3.8, 4) is 0 Å². The van der Waals surface area contributed by atoms with Gasteiger partial charge in [0.25, 0.3) is 0 Å². The molecule has 3 N–H and O–H groups in total. The van der Waals surface area contributed by atoms with E-state index in [2.05, 4.69) is 20.6 Å². The minimum atomic E-state index is -1.07. The molecule has 0 aliphatic rings. The number of imidazole rings is 1. The Bertz CT molecular complexity index is 611. The van der Waals surface area contributed by atoms with E-state index in [0.29, 0.717) is 19.6 Å². The number of aromatic carboxylic acids is 1. The van der Waals surface area contributed by atoms with Gasteiger partial charge >= 0.3 is 12.0 Å². The lowest BCUT2D eigenvalue weighted by atomic mass is 10.3. The summed E-state index contributed by atoms with van der Waals surface area (Å²) < 4.78 is 1.60. The molecule has 0 aliphatic heterocycles. The number of amides is 2. The number of carboxylic acids is 1. The van der Waals surface area contributed by atoms with Crippen LogP contribution in [0, 0.1) is 0 Å². The maximum atomic E-state index is 11.6. The molecule has 0 aliphatic carbocycles. The number of carbonyl (C=O) groups is 2. The number of urea groups is 1. The summed E-state index contributed by atoms with van der Waals surface area (Å²) in [7, 11) is 0. The molecule has 0 saturated heterocycles. The van der Waals surface area contributed by atoms with Crippen LogP contribution in [0.25, 0.3) is 0 Å². The summed E-state index contributed by atoms with van der Waals surface area (Å²) in [5, 5.41) is 14.1. The number of carboxylic acid groups (broad SMARTS) is 1. The molecule has 0 spiro atoms. The molecule has 0 aromatic carbocycles. The molecule has 110 valence electrons. The van der Waals surface area contributed by atoms with Crippen molar-refractivity contribution in [2.45, 2.75) is 13.1 Å². The lowest BCUT2D eigenvalue weighted by Gasteiger charge is -2.07. The molecule has 0 atom stereocenters. The smallest absolute Gasteiger partial charge is 0.356 e. The number of carbonyl (C=O) groups excluding carboxylic acids is 1. The molecule has 8 nitrogen and oxygen atoms in total. The van der Waals surface area contributed by atoms with Crippen LogP contribution in [-0.4, -0.2) is 38.2 Å². The standard InChI is InChI=1S/C13H15N5O3/c19-12(20)11-8-18(9-17-11)6-5-15-13(21)16-7-10-1-3-14-4-2-10/h1-4,8-9H,5-7H2,(H,19,20)(H2,15,16,21). The monoisotopic (exact) mass is 289 g/mol. The fourth-order valence-corrected chi connectivity index (χ4v) is 1.64.